The van der Waals surface area contributed by atoms with Crippen molar-refractivity contribution in [3.8, 4) is 11.6 Å². The summed E-state index contributed by atoms with van der Waals surface area (Å²) in [7, 11) is 0. The van der Waals surface area contributed by atoms with Crippen LogP contribution < -0.4 is 9.61 Å². The SMILES string of the molecule is O=C(COc1ccc(Cc2sc(=O)[nH]c2O)cc1)C1=CC=CCC=C1. The predicted molar refractivity (Wildman–Crippen MR) is 97.3 cm³/mol. The molecule has 1 aliphatic rings. The Morgan fingerprint density at radius 1 is 1.24 bits per heavy atom. The van der Waals surface area contributed by atoms with Gasteiger partial charge in [0.15, 0.2) is 12.4 Å². The number of aromatic hydroxyl groups is 1. The van der Waals surface area contributed by atoms with E-state index in [0.29, 0.717) is 22.6 Å². The van der Waals surface area contributed by atoms with Crippen molar-refractivity contribution < 1.29 is 14.6 Å². The molecule has 1 heterocycles. The number of nitrogens with one attached hydrogen (secondary N) is 1. The summed E-state index contributed by atoms with van der Waals surface area (Å²) in [5.74, 6) is 0.436. The molecule has 1 aliphatic carbocycles. The van der Waals surface area contributed by atoms with Gasteiger partial charge in [0, 0.05) is 12.0 Å². The first-order valence-electron chi connectivity index (χ1n) is 7.81. The van der Waals surface area contributed by atoms with Crippen LogP contribution in [0.3, 0.4) is 0 Å². The molecule has 0 saturated heterocycles. The number of aromatic amines is 1. The zero-order valence-corrected chi connectivity index (χ0v) is 14.2. The van der Waals surface area contributed by atoms with Crippen molar-refractivity contribution in [2.75, 3.05) is 6.61 Å². The smallest absolute Gasteiger partial charge is 0.307 e. The first kappa shape index (κ1) is 17.0. The van der Waals surface area contributed by atoms with Crippen molar-refractivity contribution >= 4 is 17.1 Å². The second-order valence-corrected chi connectivity index (χ2v) is 6.57. The van der Waals surface area contributed by atoms with Crippen LogP contribution in [0.2, 0.25) is 0 Å². The fraction of sp³-hybridized carbons (Fsp3) is 0.158. The minimum atomic E-state index is -0.275. The Morgan fingerprint density at radius 3 is 2.76 bits per heavy atom. The Balaban J connectivity index is 1.58. The van der Waals surface area contributed by atoms with E-state index in [9.17, 15) is 14.7 Å². The van der Waals surface area contributed by atoms with Gasteiger partial charge in [-0.2, -0.15) is 0 Å². The third-order valence-electron chi connectivity index (χ3n) is 3.66. The fourth-order valence-electron chi connectivity index (χ4n) is 2.36. The van der Waals surface area contributed by atoms with Gasteiger partial charge >= 0.3 is 4.87 Å². The molecular formula is C19H17NO4S. The molecule has 1 aromatic heterocycles. The molecule has 1 aromatic carbocycles. The summed E-state index contributed by atoms with van der Waals surface area (Å²) in [6.07, 6.45) is 10.7. The van der Waals surface area contributed by atoms with E-state index < -0.39 is 0 Å². The van der Waals surface area contributed by atoms with Gasteiger partial charge in [0.1, 0.15) is 5.75 Å². The first-order chi connectivity index (χ1) is 12.1. The molecule has 128 valence electrons. The summed E-state index contributed by atoms with van der Waals surface area (Å²) in [6, 6.07) is 7.23. The Hall–Kier alpha value is -2.86. The van der Waals surface area contributed by atoms with E-state index in [1.807, 2.05) is 36.4 Å². The van der Waals surface area contributed by atoms with E-state index in [1.165, 1.54) is 0 Å². The van der Waals surface area contributed by atoms with Gasteiger partial charge < -0.3 is 9.84 Å². The average molecular weight is 355 g/mol. The topological polar surface area (TPSA) is 79.4 Å². The van der Waals surface area contributed by atoms with Crippen LogP contribution in [0, 0.1) is 0 Å². The summed E-state index contributed by atoms with van der Waals surface area (Å²) < 4.78 is 5.54. The van der Waals surface area contributed by atoms with Crippen LogP contribution >= 0.6 is 11.3 Å². The normalized spacial score (nSPS) is 13.4. The van der Waals surface area contributed by atoms with Gasteiger partial charge in [0.25, 0.3) is 0 Å². The molecule has 0 fully saturated rings. The Bertz CT molecular complexity index is 900. The molecule has 0 bridgehead atoms. The second-order valence-electron chi connectivity index (χ2n) is 5.51. The number of hydrogen-bond donors (Lipinski definition) is 2. The monoisotopic (exact) mass is 355 g/mol. The van der Waals surface area contributed by atoms with Gasteiger partial charge in [-0.3, -0.25) is 14.6 Å². The summed E-state index contributed by atoms with van der Waals surface area (Å²) in [5.41, 5.74) is 1.56. The molecule has 0 saturated carbocycles. The van der Waals surface area contributed by atoms with Crippen molar-refractivity contribution in [3.05, 3.63) is 80.3 Å². The van der Waals surface area contributed by atoms with Crippen LogP contribution in [-0.4, -0.2) is 22.5 Å². The number of rotatable bonds is 6. The van der Waals surface area contributed by atoms with Gasteiger partial charge in [-0.1, -0.05) is 53.8 Å². The average Bonchev–Trinajstić information content (AvgIpc) is 2.82. The van der Waals surface area contributed by atoms with E-state index in [2.05, 4.69) is 4.98 Å². The number of carbonyl (C=O) groups excluding carboxylic acids is 1. The molecule has 0 unspecified atom stereocenters. The van der Waals surface area contributed by atoms with Crippen molar-refractivity contribution in [3.63, 3.8) is 0 Å². The Labute approximate surface area is 148 Å². The number of benzene rings is 1. The van der Waals surface area contributed by atoms with Gasteiger partial charge in [-0.15, -0.1) is 0 Å². The van der Waals surface area contributed by atoms with Crippen LogP contribution in [-0.2, 0) is 11.2 Å². The minimum Gasteiger partial charge on any atom is -0.494 e. The van der Waals surface area contributed by atoms with Gasteiger partial charge in [0.2, 0.25) is 5.88 Å². The van der Waals surface area contributed by atoms with Crippen molar-refractivity contribution in [2.45, 2.75) is 12.8 Å². The second kappa shape index (κ2) is 7.81. The Morgan fingerprint density at radius 2 is 2.04 bits per heavy atom. The lowest BCUT2D eigenvalue weighted by Crippen LogP contribution is -2.12. The summed E-state index contributed by atoms with van der Waals surface area (Å²) >= 11 is 0.990. The van der Waals surface area contributed by atoms with Gasteiger partial charge in [-0.05, 0) is 24.1 Å². The number of ketones is 1. The molecule has 0 radical (unpaired) electrons. The molecule has 2 N–H and O–H groups in total. The highest BCUT2D eigenvalue weighted by atomic mass is 32.1. The molecule has 0 spiro atoms. The number of H-pyrrole nitrogens is 1. The maximum Gasteiger partial charge on any atom is 0.307 e. The lowest BCUT2D eigenvalue weighted by molar-refractivity contribution is -0.117. The third kappa shape index (κ3) is 4.58. The van der Waals surface area contributed by atoms with Crippen molar-refractivity contribution in [1.29, 1.82) is 0 Å². The van der Waals surface area contributed by atoms with Crippen LogP contribution in [0.1, 0.15) is 16.9 Å². The van der Waals surface area contributed by atoms with E-state index in [1.54, 1.807) is 18.2 Å². The zero-order chi connectivity index (χ0) is 17.6. The summed E-state index contributed by atoms with van der Waals surface area (Å²) in [4.78, 5) is 26.0. The van der Waals surface area contributed by atoms with E-state index in [-0.39, 0.29) is 23.1 Å². The molecule has 0 atom stereocenters. The molecule has 2 aromatic rings. The number of aromatic nitrogens is 1. The number of allylic oxidation sites excluding steroid dienone is 5. The molecular weight excluding hydrogens is 338 g/mol. The number of carbonyl (C=O) groups is 1. The maximum atomic E-state index is 12.1. The minimum absolute atomic E-state index is 0.0242. The standard InChI is InChI=1S/C19H17NO4S/c21-16(14-5-3-1-2-4-6-14)12-24-15-9-7-13(8-10-15)11-17-18(22)20-19(23)25-17/h1,3-10,22H,2,11-12H2,(H,20,23). The lowest BCUT2D eigenvalue weighted by atomic mass is 10.1. The van der Waals surface area contributed by atoms with Crippen LogP contribution in [0.25, 0.3) is 0 Å². The molecule has 25 heavy (non-hydrogen) atoms. The fourth-order valence-corrected chi connectivity index (χ4v) is 3.12. The molecule has 5 nitrogen and oxygen atoms in total. The molecule has 6 heteroatoms. The first-order valence-corrected chi connectivity index (χ1v) is 8.63. The third-order valence-corrected chi connectivity index (χ3v) is 4.53. The highest BCUT2D eigenvalue weighted by Crippen LogP contribution is 2.21. The van der Waals surface area contributed by atoms with Gasteiger partial charge in [0.05, 0.1) is 4.88 Å². The number of hydrogen-bond acceptors (Lipinski definition) is 5. The van der Waals surface area contributed by atoms with E-state index in [4.69, 9.17) is 4.74 Å². The van der Waals surface area contributed by atoms with Crippen molar-refractivity contribution in [2.24, 2.45) is 0 Å². The van der Waals surface area contributed by atoms with E-state index in [0.717, 1.165) is 23.3 Å². The largest absolute Gasteiger partial charge is 0.494 e. The van der Waals surface area contributed by atoms with E-state index >= 15 is 0 Å². The molecule has 0 amide bonds. The summed E-state index contributed by atoms with van der Waals surface area (Å²) in [6.45, 7) is -0.0242. The highest BCUT2D eigenvalue weighted by molar-refractivity contribution is 7.09. The number of ether oxygens (including phenoxy) is 1. The zero-order valence-electron chi connectivity index (χ0n) is 13.4. The van der Waals surface area contributed by atoms with Gasteiger partial charge in [-0.25, -0.2) is 0 Å². The summed E-state index contributed by atoms with van der Waals surface area (Å²) in [5, 5.41) is 9.61. The van der Waals surface area contributed by atoms with Crippen LogP contribution in [0.15, 0.2) is 65.0 Å². The van der Waals surface area contributed by atoms with Crippen LogP contribution in [0.5, 0.6) is 11.6 Å². The number of Topliss-reactive ketones (excluding diaryl/α,β-unsaturated/α-hetero) is 1. The maximum absolute atomic E-state index is 12.1. The predicted octanol–water partition coefficient (Wildman–Crippen LogP) is 3.12. The molecule has 0 aliphatic heterocycles. The Kier molecular flexibility index (Phi) is 5.30. The lowest BCUT2D eigenvalue weighted by Gasteiger charge is -2.07. The van der Waals surface area contributed by atoms with Crippen LogP contribution in [0.4, 0.5) is 0 Å². The number of thiazole rings is 1. The quantitative estimate of drug-likeness (QED) is 0.834. The highest BCUT2D eigenvalue weighted by Gasteiger charge is 2.09. The molecule has 3 rings (SSSR count). The van der Waals surface area contributed by atoms with Crippen molar-refractivity contribution in [1.82, 2.24) is 4.98 Å².